The van der Waals surface area contributed by atoms with E-state index in [9.17, 15) is 0 Å². The SMILES string of the molecule is COc1ccccc1CCNN. The van der Waals surface area contributed by atoms with Gasteiger partial charge in [0.1, 0.15) is 5.75 Å². The maximum absolute atomic E-state index is 5.18. The maximum atomic E-state index is 5.18. The van der Waals surface area contributed by atoms with Crippen LogP contribution in [0.25, 0.3) is 0 Å². The van der Waals surface area contributed by atoms with Crippen LogP contribution in [0.1, 0.15) is 5.56 Å². The highest BCUT2D eigenvalue weighted by molar-refractivity contribution is 5.33. The van der Waals surface area contributed by atoms with Crippen LogP contribution < -0.4 is 16.0 Å². The van der Waals surface area contributed by atoms with Crippen molar-refractivity contribution in [3.05, 3.63) is 29.8 Å². The molecule has 0 radical (unpaired) electrons. The molecule has 0 aromatic heterocycles. The molecule has 0 aliphatic rings. The van der Waals surface area contributed by atoms with E-state index < -0.39 is 0 Å². The van der Waals surface area contributed by atoms with Gasteiger partial charge >= 0.3 is 0 Å². The van der Waals surface area contributed by atoms with Gasteiger partial charge in [-0.25, -0.2) is 0 Å². The summed E-state index contributed by atoms with van der Waals surface area (Å²) in [6.07, 6.45) is 0.889. The summed E-state index contributed by atoms with van der Waals surface area (Å²) in [6, 6.07) is 7.94. The monoisotopic (exact) mass is 166 g/mol. The molecule has 0 unspecified atom stereocenters. The highest BCUT2D eigenvalue weighted by atomic mass is 16.5. The van der Waals surface area contributed by atoms with E-state index in [1.165, 1.54) is 5.56 Å². The lowest BCUT2D eigenvalue weighted by Crippen LogP contribution is -2.24. The molecule has 0 saturated heterocycles. The van der Waals surface area contributed by atoms with Crippen LogP contribution in [0.4, 0.5) is 0 Å². The molecule has 0 heterocycles. The molecule has 0 amide bonds. The molecular formula is C9H14N2O. The van der Waals surface area contributed by atoms with Crippen LogP contribution in [0.3, 0.4) is 0 Å². The van der Waals surface area contributed by atoms with Crippen LogP contribution >= 0.6 is 0 Å². The van der Waals surface area contributed by atoms with Crippen molar-refractivity contribution in [2.24, 2.45) is 5.84 Å². The molecule has 1 rings (SSSR count). The summed E-state index contributed by atoms with van der Waals surface area (Å²) >= 11 is 0. The van der Waals surface area contributed by atoms with Crippen LogP contribution in [-0.4, -0.2) is 13.7 Å². The van der Waals surface area contributed by atoms with Gasteiger partial charge in [0, 0.05) is 6.54 Å². The summed E-state index contributed by atoms with van der Waals surface area (Å²) in [5.74, 6) is 6.10. The Hall–Kier alpha value is -1.06. The second kappa shape index (κ2) is 4.74. The first-order chi connectivity index (χ1) is 5.88. The molecule has 3 N–H and O–H groups in total. The van der Waals surface area contributed by atoms with Crippen molar-refractivity contribution in [1.82, 2.24) is 5.43 Å². The average molecular weight is 166 g/mol. The molecule has 0 bridgehead atoms. The van der Waals surface area contributed by atoms with Gasteiger partial charge in [0.2, 0.25) is 0 Å². The van der Waals surface area contributed by atoms with Gasteiger partial charge in [0.25, 0.3) is 0 Å². The quantitative estimate of drug-likeness (QED) is 0.511. The summed E-state index contributed by atoms with van der Waals surface area (Å²) in [4.78, 5) is 0. The Morgan fingerprint density at radius 1 is 1.42 bits per heavy atom. The summed E-state index contributed by atoms with van der Waals surface area (Å²) in [6.45, 7) is 0.764. The molecule has 0 atom stereocenters. The minimum atomic E-state index is 0.764. The zero-order valence-corrected chi connectivity index (χ0v) is 7.21. The zero-order valence-electron chi connectivity index (χ0n) is 7.21. The highest BCUT2D eigenvalue weighted by Gasteiger charge is 1.99. The number of para-hydroxylation sites is 1. The number of benzene rings is 1. The number of hydrogen-bond donors (Lipinski definition) is 2. The number of hydrogen-bond acceptors (Lipinski definition) is 3. The molecule has 12 heavy (non-hydrogen) atoms. The Bertz CT molecular complexity index is 238. The zero-order chi connectivity index (χ0) is 8.81. The van der Waals surface area contributed by atoms with Crippen molar-refractivity contribution in [1.29, 1.82) is 0 Å². The maximum Gasteiger partial charge on any atom is 0.122 e. The molecule has 66 valence electrons. The molecule has 0 aliphatic heterocycles. The van der Waals surface area contributed by atoms with Crippen LogP contribution in [0.5, 0.6) is 5.75 Å². The molecule has 0 fully saturated rings. The lowest BCUT2D eigenvalue weighted by Gasteiger charge is -2.06. The molecule has 0 spiro atoms. The van der Waals surface area contributed by atoms with E-state index in [0.717, 1.165) is 18.7 Å². The molecule has 1 aromatic carbocycles. The second-order valence-corrected chi connectivity index (χ2v) is 2.52. The van der Waals surface area contributed by atoms with Gasteiger partial charge in [0.15, 0.2) is 0 Å². The predicted octanol–water partition coefficient (Wildman–Crippen LogP) is 0.701. The summed E-state index contributed by atoms with van der Waals surface area (Å²) in [5, 5.41) is 0. The highest BCUT2D eigenvalue weighted by Crippen LogP contribution is 2.16. The number of methoxy groups -OCH3 is 1. The van der Waals surface area contributed by atoms with Gasteiger partial charge in [0.05, 0.1) is 7.11 Å². The van der Waals surface area contributed by atoms with E-state index in [0.29, 0.717) is 0 Å². The lowest BCUT2D eigenvalue weighted by atomic mass is 10.1. The fourth-order valence-corrected chi connectivity index (χ4v) is 1.12. The second-order valence-electron chi connectivity index (χ2n) is 2.52. The molecule has 3 nitrogen and oxygen atoms in total. The molecule has 1 aromatic rings. The lowest BCUT2D eigenvalue weighted by molar-refractivity contribution is 0.409. The van der Waals surface area contributed by atoms with Crippen LogP contribution in [0.2, 0.25) is 0 Å². The Balaban J connectivity index is 2.68. The summed E-state index contributed by atoms with van der Waals surface area (Å²) in [5.41, 5.74) is 3.79. The third-order valence-corrected chi connectivity index (χ3v) is 1.73. The van der Waals surface area contributed by atoms with Gasteiger partial charge in [-0.05, 0) is 18.1 Å². The topological polar surface area (TPSA) is 47.3 Å². The van der Waals surface area contributed by atoms with E-state index >= 15 is 0 Å². The van der Waals surface area contributed by atoms with Crippen LogP contribution in [0, 0.1) is 0 Å². The molecule has 0 saturated carbocycles. The first kappa shape index (κ1) is 9.03. The van der Waals surface area contributed by atoms with Gasteiger partial charge in [-0.15, -0.1) is 0 Å². The van der Waals surface area contributed by atoms with E-state index in [1.54, 1.807) is 7.11 Å². The molecule has 3 heteroatoms. The first-order valence-electron chi connectivity index (χ1n) is 3.94. The normalized spacial score (nSPS) is 9.83. The fraction of sp³-hybridized carbons (Fsp3) is 0.333. The van der Waals surface area contributed by atoms with Gasteiger partial charge in [-0.3, -0.25) is 11.3 Å². The predicted molar refractivity (Wildman–Crippen MR) is 48.9 cm³/mol. The van der Waals surface area contributed by atoms with Crippen molar-refractivity contribution >= 4 is 0 Å². The van der Waals surface area contributed by atoms with Crippen LogP contribution in [0.15, 0.2) is 24.3 Å². The minimum Gasteiger partial charge on any atom is -0.496 e. The largest absolute Gasteiger partial charge is 0.496 e. The van der Waals surface area contributed by atoms with Gasteiger partial charge in [-0.1, -0.05) is 18.2 Å². The van der Waals surface area contributed by atoms with Crippen molar-refractivity contribution < 1.29 is 4.74 Å². The average Bonchev–Trinajstić information content (AvgIpc) is 2.15. The fourth-order valence-electron chi connectivity index (χ4n) is 1.12. The van der Waals surface area contributed by atoms with E-state index in [4.69, 9.17) is 10.6 Å². The summed E-state index contributed by atoms with van der Waals surface area (Å²) < 4.78 is 5.17. The number of hydrazine groups is 1. The van der Waals surface area contributed by atoms with Crippen LogP contribution in [-0.2, 0) is 6.42 Å². The smallest absolute Gasteiger partial charge is 0.122 e. The number of rotatable bonds is 4. The van der Waals surface area contributed by atoms with Crippen molar-refractivity contribution in [3.63, 3.8) is 0 Å². The van der Waals surface area contributed by atoms with Gasteiger partial charge < -0.3 is 4.74 Å². The van der Waals surface area contributed by atoms with Crippen molar-refractivity contribution in [3.8, 4) is 5.75 Å². The Kier molecular flexibility index (Phi) is 3.57. The van der Waals surface area contributed by atoms with E-state index in [-0.39, 0.29) is 0 Å². The number of nitrogens with one attached hydrogen (secondary N) is 1. The van der Waals surface area contributed by atoms with Gasteiger partial charge in [-0.2, -0.15) is 0 Å². The summed E-state index contributed by atoms with van der Waals surface area (Å²) in [7, 11) is 1.68. The molecule has 0 aliphatic carbocycles. The third-order valence-electron chi connectivity index (χ3n) is 1.73. The minimum absolute atomic E-state index is 0.764. The Labute approximate surface area is 72.5 Å². The Morgan fingerprint density at radius 3 is 2.83 bits per heavy atom. The van der Waals surface area contributed by atoms with E-state index in [2.05, 4.69) is 5.43 Å². The third kappa shape index (κ3) is 2.22. The standard InChI is InChI=1S/C9H14N2O/c1-12-9-5-3-2-4-8(9)6-7-11-10/h2-5,11H,6-7,10H2,1H3. The van der Waals surface area contributed by atoms with E-state index in [1.807, 2.05) is 24.3 Å². The van der Waals surface area contributed by atoms with Crippen molar-refractivity contribution in [2.75, 3.05) is 13.7 Å². The molecular weight excluding hydrogens is 152 g/mol. The Morgan fingerprint density at radius 2 is 2.17 bits per heavy atom. The number of ether oxygens (including phenoxy) is 1. The number of nitrogens with two attached hydrogens (primary N) is 1. The van der Waals surface area contributed by atoms with Crippen molar-refractivity contribution in [2.45, 2.75) is 6.42 Å². The first-order valence-corrected chi connectivity index (χ1v) is 3.94.